The number of hydrogen-bond acceptors (Lipinski definition) is 2. The Morgan fingerprint density at radius 1 is 1.33 bits per heavy atom. The predicted molar refractivity (Wildman–Crippen MR) is 65.5 cm³/mol. The van der Waals surface area contributed by atoms with E-state index in [4.69, 9.17) is 4.74 Å². The van der Waals surface area contributed by atoms with E-state index in [0.717, 1.165) is 11.4 Å². The molecule has 0 bridgehead atoms. The number of allylic oxidation sites excluding steroid dienone is 1. The highest BCUT2D eigenvalue weighted by Gasteiger charge is 2.03. The SMILES string of the molecule is COc1ccccc1NC(C)C=C(C)C. The summed E-state index contributed by atoms with van der Waals surface area (Å²) < 4.78 is 5.27. The summed E-state index contributed by atoms with van der Waals surface area (Å²) in [6, 6.07) is 8.26. The summed E-state index contributed by atoms with van der Waals surface area (Å²) in [4.78, 5) is 0. The monoisotopic (exact) mass is 205 g/mol. The Kier molecular flexibility index (Phi) is 4.22. The molecule has 1 unspecified atom stereocenters. The maximum atomic E-state index is 5.27. The zero-order valence-electron chi connectivity index (χ0n) is 9.87. The van der Waals surface area contributed by atoms with Crippen LogP contribution >= 0.6 is 0 Å². The Hall–Kier alpha value is -1.44. The van der Waals surface area contributed by atoms with Crippen molar-refractivity contribution >= 4 is 5.69 Å². The smallest absolute Gasteiger partial charge is 0.141 e. The van der Waals surface area contributed by atoms with Gasteiger partial charge in [-0.05, 0) is 32.9 Å². The van der Waals surface area contributed by atoms with Gasteiger partial charge in [0.25, 0.3) is 0 Å². The van der Waals surface area contributed by atoms with Crippen molar-refractivity contribution in [3.63, 3.8) is 0 Å². The van der Waals surface area contributed by atoms with Gasteiger partial charge in [-0.3, -0.25) is 0 Å². The van der Waals surface area contributed by atoms with Crippen molar-refractivity contribution in [1.29, 1.82) is 0 Å². The van der Waals surface area contributed by atoms with E-state index in [-0.39, 0.29) is 0 Å². The number of ether oxygens (including phenoxy) is 1. The van der Waals surface area contributed by atoms with Gasteiger partial charge in [-0.1, -0.05) is 23.8 Å². The lowest BCUT2D eigenvalue weighted by Gasteiger charge is -2.14. The van der Waals surface area contributed by atoms with Gasteiger partial charge >= 0.3 is 0 Å². The Bertz CT molecular complexity index is 340. The van der Waals surface area contributed by atoms with E-state index in [1.807, 2.05) is 24.3 Å². The highest BCUT2D eigenvalue weighted by Crippen LogP contribution is 2.23. The minimum absolute atomic E-state index is 0.311. The van der Waals surface area contributed by atoms with Gasteiger partial charge in [0.1, 0.15) is 5.75 Å². The van der Waals surface area contributed by atoms with Crippen LogP contribution < -0.4 is 10.1 Å². The van der Waals surface area contributed by atoms with Crippen LogP contribution in [0, 0.1) is 0 Å². The summed E-state index contributed by atoms with van der Waals surface area (Å²) in [5, 5.41) is 3.39. The molecular formula is C13H19NO. The summed E-state index contributed by atoms with van der Waals surface area (Å²) >= 11 is 0. The van der Waals surface area contributed by atoms with E-state index in [2.05, 4.69) is 32.2 Å². The minimum Gasteiger partial charge on any atom is -0.495 e. The largest absolute Gasteiger partial charge is 0.495 e. The van der Waals surface area contributed by atoms with E-state index < -0.39 is 0 Å². The van der Waals surface area contributed by atoms with Crippen LogP contribution in [0.5, 0.6) is 5.75 Å². The molecule has 1 aromatic carbocycles. The minimum atomic E-state index is 0.311. The molecule has 2 nitrogen and oxygen atoms in total. The van der Waals surface area contributed by atoms with Crippen LogP contribution in [0.4, 0.5) is 5.69 Å². The van der Waals surface area contributed by atoms with Crippen LogP contribution in [-0.4, -0.2) is 13.2 Å². The molecule has 0 aromatic heterocycles. The molecule has 1 N–H and O–H groups in total. The van der Waals surface area contributed by atoms with E-state index >= 15 is 0 Å². The number of anilines is 1. The van der Waals surface area contributed by atoms with Gasteiger partial charge in [-0.2, -0.15) is 0 Å². The normalized spacial score (nSPS) is 11.7. The summed E-state index contributed by atoms with van der Waals surface area (Å²) in [6.07, 6.45) is 2.19. The van der Waals surface area contributed by atoms with Crippen molar-refractivity contribution in [3.8, 4) is 5.75 Å². The summed E-state index contributed by atoms with van der Waals surface area (Å²) in [6.45, 7) is 6.32. The lowest BCUT2D eigenvalue weighted by Crippen LogP contribution is -2.12. The number of nitrogens with one attached hydrogen (secondary N) is 1. The lowest BCUT2D eigenvalue weighted by molar-refractivity contribution is 0.416. The first-order valence-electron chi connectivity index (χ1n) is 5.18. The topological polar surface area (TPSA) is 21.3 Å². The van der Waals surface area contributed by atoms with Gasteiger partial charge in [0.15, 0.2) is 0 Å². The van der Waals surface area contributed by atoms with Crippen molar-refractivity contribution < 1.29 is 4.74 Å². The van der Waals surface area contributed by atoms with Crippen molar-refractivity contribution in [2.45, 2.75) is 26.8 Å². The van der Waals surface area contributed by atoms with Gasteiger partial charge in [-0.15, -0.1) is 0 Å². The molecule has 1 atom stereocenters. The van der Waals surface area contributed by atoms with Crippen LogP contribution in [0.15, 0.2) is 35.9 Å². The summed E-state index contributed by atoms with van der Waals surface area (Å²) in [5.41, 5.74) is 2.34. The molecule has 2 heteroatoms. The fourth-order valence-corrected chi connectivity index (χ4v) is 1.55. The highest BCUT2D eigenvalue weighted by molar-refractivity contribution is 5.57. The molecule has 0 saturated carbocycles. The van der Waals surface area contributed by atoms with Crippen LogP contribution in [0.3, 0.4) is 0 Å². The van der Waals surface area contributed by atoms with Crippen LogP contribution in [0.1, 0.15) is 20.8 Å². The number of rotatable bonds is 4. The van der Waals surface area contributed by atoms with Crippen molar-refractivity contribution in [3.05, 3.63) is 35.9 Å². The Morgan fingerprint density at radius 2 is 2.00 bits per heavy atom. The van der Waals surface area contributed by atoms with E-state index in [1.165, 1.54) is 5.57 Å². The first kappa shape index (κ1) is 11.6. The molecule has 0 radical (unpaired) electrons. The fraction of sp³-hybridized carbons (Fsp3) is 0.385. The zero-order valence-corrected chi connectivity index (χ0v) is 9.87. The first-order chi connectivity index (χ1) is 7.13. The second-order valence-corrected chi connectivity index (χ2v) is 3.88. The fourth-order valence-electron chi connectivity index (χ4n) is 1.55. The van der Waals surface area contributed by atoms with E-state index in [9.17, 15) is 0 Å². The lowest BCUT2D eigenvalue weighted by atomic mass is 10.2. The predicted octanol–water partition coefficient (Wildman–Crippen LogP) is 3.46. The molecule has 0 heterocycles. The molecule has 0 aliphatic heterocycles. The van der Waals surface area contributed by atoms with Crippen molar-refractivity contribution in [2.24, 2.45) is 0 Å². The zero-order chi connectivity index (χ0) is 11.3. The quantitative estimate of drug-likeness (QED) is 0.760. The maximum absolute atomic E-state index is 5.27. The Labute approximate surface area is 92.0 Å². The van der Waals surface area contributed by atoms with E-state index in [1.54, 1.807) is 7.11 Å². The van der Waals surface area contributed by atoms with Crippen LogP contribution in [0.25, 0.3) is 0 Å². The van der Waals surface area contributed by atoms with Crippen LogP contribution in [0.2, 0.25) is 0 Å². The molecule has 1 rings (SSSR count). The molecule has 15 heavy (non-hydrogen) atoms. The molecule has 0 amide bonds. The first-order valence-corrected chi connectivity index (χ1v) is 5.18. The molecule has 82 valence electrons. The summed E-state index contributed by atoms with van der Waals surface area (Å²) in [7, 11) is 1.69. The third-order valence-electron chi connectivity index (χ3n) is 2.07. The number of para-hydroxylation sites is 2. The highest BCUT2D eigenvalue weighted by atomic mass is 16.5. The van der Waals surface area contributed by atoms with Gasteiger partial charge in [0, 0.05) is 6.04 Å². The molecule has 0 saturated heterocycles. The molecule has 1 aromatic rings. The molecule has 0 spiro atoms. The third kappa shape index (κ3) is 3.66. The third-order valence-corrected chi connectivity index (χ3v) is 2.07. The molecule has 0 aliphatic rings. The second-order valence-electron chi connectivity index (χ2n) is 3.88. The average Bonchev–Trinajstić information content (AvgIpc) is 2.17. The van der Waals surface area contributed by atoms with Gasteiger partial charge < -0.3 is 10.1 Å². The average molecular weight is 205 g/mol. The van der Waals surface area contributed by atoms with Crippen molar-refractivity contribution in [1.82, 2.24) is 0 Å². The van der Waals surface area contributed by atoms with Gasteiger partial charge in [0.05, 0.1) is 12.8 Å². The Balaban J connectivity index is 2.75. The number of benzene rings is 1. The van der Waals surface area contributed by atoms with Crippen molar-refractivity contribution in [2.75, 3.05) is 12.4 Å². The standard InChI is InChI=1S/C13H19NO/c1-10(2)9-11(3)14-12-7-5-6-8-13(12)15-4/h5-9,11,14H,1-4H3. The summed E-state index contributed by atoms with van der Waals surface area (Å²) in [5.74, 6) is 0.881. The van der Waals surface area contributed by atoms with Gasteiger partial charge in [-0.25, -0.2) is 0 Å². The van der Waals surface area contributed by atoms with E-state index in [0.29, 0.717) is 6.04 Å². The number of hydrogen-bond donors (Lipinski definition) is 1. The Morgan fingerprint density at radius 3 is 2.60 bits per heavy atom. The molecule has 0 aliphatic carbocycles. The maximum Gasteiger partial charge on any atom is 0.141 e. The van der Waals surface area contributed by atoms with Crippen LogP contribution in [-0.2, 0) is 0 Å². The number of methoxy groups -OCH3 is 1. The molecule has 0 fully saturated rings. The molecular weight excluding hydrogens is 186 g/mol. The second kappa shape index (κ2) is 5.44. The van der Waals surface area contributed by atoms with Gasteiger partial charge in [0.2, 0.25) is 0 Å².